The van der Waals surface area contributed by atoms with Crippen LogP contribution in [0.15, 0.2) is 12.2 Å². The van der Waals surface area contributed by atoms with Crippen LogP contribution < -0.4 is 10.2 Å². The number of phosphoric ester groups is 1. The third kappa shape index (κ3) is 52.9. The maximum absolute atomic E-state index is 12.8. The first-order valence-electron chi connectivity index (χ1n) is 29.6. The molecule has 0 heterocycles. The van der Waals surface area contributed by atoms with Crippen molar-refractivity contribution in [3.63, 3.8) is 0 Å². The molecular weight excluding hydrogens is 852 g/mol. The number of hydrogen-bond acceptors (Lipinski definition) is 6. The Labute approximate surface area is 418 Å². The van der Waals surface area contributed by atoms with Crippen LogP contribution in [0, 0.1) is 0 Å². The molecule has 1 amide bonds. The molecule has 0 bridgehead atoms. The number of quaternary nitrogens is 1. The molecule has 0 rings (SSSR count). The summed E-state index contributed by atoms with van der Waals surface area (Å²) in [5.41, 5.74) is 0. The van der Waals surface area contributed by atoms with E-state index in [1.807, 2.05) is 27.2 Å². The molecule has 8 nitrogen and oxygen atoms in total. The quantitative estimate of drug-likeness (QED) is 0.0272. The third-order valence-electron chi connectivity index (χ3n) is 13.7. The molecule has 0 radical (unpaired) electrons. The van der Waals surface area contributed by atoms with Crippen molar-refractivity contribution >= 4 is 13.7 Å². The van der Waals surface area contributed by atoms with Gasteiger partial charge in [-0.25, -0.2) is 0 Å². The summed E-state index contributed by atoms with van der Waals surface area (Å²) in [5, 5.41) is 13.7. The van der Waals surface area contributed by atoms with E-state index in [0.29, 0.717) is 17.4 Å². The molecule has 0 aromatic carbocycles. The molecule has 0 aromatic heterocycles. The largest absolute Gasteiger partial charge is 0.756 e. The molecule has 0 saturated heterocycles. The van der Waals surface area contributed by atoms with E-state index in [0.717, 1.165) is 44.9 Å². The molecular formula is C58H117N2O6P. The zero-order chi connectivity index (χ0) is 49.2. The molecule has 0 spiro atoms. The summed E-state index contributed by atoms with van der Waals surface area (Å²) in [5.74, 6) is -0.197. The number of carbonyl (C=O) groups excluding carboxylic acids is 1. The molecule has 0 aliphatic carbocycles. The zero-order valence-electron chi connectivity index (χ0n) is 45.6. The lowest BCUT2D eigenvalue weighted by molar-refractivity contribution is -0.870. The highest BCUT2D eigenvalue weighted by molar-refractivity contribution is 7.45. The number of carbonyl (C=O) groups is 1. The normalized spacial score (nSPS) is 14.0. The van der Waals surface area contributed by atoms with E-state index < -0.39 is 20.0 Å². The standard InChI is InChI=1S/C58H117N2O6P/c1-6-8-10-12-14-15-16-17-18-19-20-21-22-23-24-25-26-27-28-29-30-31-32-33-34-35-36-37-38-39-40-41-42-43-44-45-46-48-50-52-58(62)59-56(57(61)51-49-47-13-11-9-7-2)55-66-67(63,64)65-54-53-60(3,4)5/h49,51,56-57,61H,6-48,50,52-55H2,1-5H3,(H-,59,62,63,64)/b51-49+. The Morgan fingerprint density at radius 3 is 1.12 bits per heavy atom. The number of allylic oxidation sites excluding steroid dienone is 1. The number of aliphatic hydroxyl groups excluding tert-OH is 1. The van der Waals surface area contributed by atoms with Gasteiger partial charge >= 0.3 is 0 Å². The second-order valence-corrected chi connectivity index (χ2v) is 23.1. The summed E-state index contributed by atoms with van der Waals surface area (Å²) < 4.78 is 23.1. The van der Waals surface area contributed by atoms with Crippen LogP contribution in [0.5, 0.6) is 0 Å². The minimum atomic E-state index is -4.57. The second kappa shape index (κ2) is 50.2. The first kappa shape index (κ1) is 66.2. The monoisotopic (exact) mass is 969 g/mol. The van der Waals surface area contributed by atoms with E-state index in [1.54, 1.807) is 6.08 Å². The van der Waals surface area contributed by atoms with Gasteiger partial charge in [-0.3, -0.25) is 9.36 Å². The average Bonchev–Trinajstić information content (AvgIpc) is 3.29. The van der Waals surface area contributed by atoms with Crippen molar-refractivity contribution in [2.75, 3.05) is 40.9 Å². The van der Waals surface area contributed by atoms with E-state index >= 15 is 0 Å². The van der Waals surface area contributed by atoms with E-state index in [1.165, 1.54) is 238 Å². The van der Waals surface area contributed by atoms with Gasteiger partial charge in [-0.15, -0.1) is 0 Å². The minimum Gasteiger partial charge on any atom is -0.756 e. The molecule has 9 heteroatoms. The van der Waals surface area contributed by atoms with Crippen LogP contribution in [0.25, 0.3) is 0 Å². The summed E-state index contributed by atoms with van der Waals surface area (Å²) in [6.45, 7) is 4.59. The number of unbranched alkanes of at least 4 members (excludes halogenated alkanes) is 42. The van der Waals surface area contributed by atoms with Crippen LogP contribution in [0.2, 0.25) is 0 Å². The third-order valence-corrected chi connectivity index (χ3v) is 14.7. The Bertz CT molecular complexity index is 1100. The number of rotatable bonds is 55. The average molecular weight is 970 g/mol. The Hall–Kier alpha value is -0.760. The van der Waals surface area contributed by atoms with Crippen LogP contribution in [0.4, 0.5) is 0 Å². The van der Waals surface area contributed by atoms with Crippen molar-refractivity contribution < 1.29 is 32.9 Å². The van der Waals surface area contributed by atoms with Crippen LogP contribution in [-0.2, 0) is 18.4 Å². The molecule has 0 aliphatic heterocycles. The second-order valence-electron chi connectivity index (χ2n) is 21.7. The predicted molar refractivity (Wildman–Crippen MR) is 289 cm³/mol. The molecule has 3 unspecified atom stereocenters. The SMILES string of the molecule is CCCCCC/C=C/C(O)C(COP(=O)([O-])OCC[N+](C)(C)C)NC(=O)CCCCCCCCCCCCCCCCCCCCCCCCCCCCCCCCCCCCCCCCC. The van der Waals surface area contributed by atoms with Crippen LogP contribution >= 0.6 is 7.82 Å². The highest BCUT2D eigenvalue weighted by Crippen LogP contribution is 2.38. The molecule has 400 valence electrons. The smallest absolute Gasteiger partial charge is 0.268 e. The van der Waals surface area contributed by atoms with Gasteiger partial charge in [0.1, 0.15) is 13.2 Å². The lowest BCUT2D eigenvalue weighted by atomic mass is 10.0. The van der Waals surface area contributed by atoms with Gasteiger partial charge in [-0.05, 0) is 19.3 Å². The topological polar surface area (TPSA) is 108 Å². The number of nitrogens with one attached hydrogen (secondary N) is 1. The summed E-state index contributed by atoms with van der Waals surface area (Å²) in [4.78, 5) is 25.2. The summed E-state index contributed by atoms with van der Waals surface area (Å²) in [6.07, 6.45) is 62.4. The lowest BCUT2D eigenvalue weighted by Gasteiger charge is -2.29. The van der Waals surface area contributed by atoms with E-state index in [9.17, 15) is 19.4 Å². The van der Waals surface area contributed by atoms with Gasteiger partial charge in [-0.2, -0.15) is 0 Å². The van der Waals surface area contributed by atoms with Gasteiger partial charge in [0.25, 0.3) is 7.82 Å². The first-order valence-corrected chi connectivity index (χ1v) is 31.0. The summed E-state index contributed by atoms with van der Waals surface area (Å²) in [7, 11) is 1.27. The van der Waals surface area contributed by atoms with E-state index in [4.69, 9.17) is 9.05 Å². The van der Waals surface area contributed by atoms with Gasteiger partial charge in [0.15, 0.2) is 0 Å². The van der Waals surface area contributed by atoms with Crippen LogP contribution in [-0.4, -0.2) is 68.5 Å². The highest BCUT2D eigenvalue weighted by Gasteiger charge is 2.23. The maximum atomic E-state index is 12.8. The fraction of sp³-hybridized carbons (Fsp3) is 0.948. The van der Waals surface area contributed by atoms with E-state index in [2.05, 4.69) is 19.2 Å². The van der Waals surface area contributed by atoms with Gasteiger partial charge in [-0.1, -0.05) is 289 Å². The Morgan fingerprint density at radius 1 is 0.507 bits per heavy atom. The number of amides is 1. The van der Waals surface area contributed by atoms with E-state index in [-0.39, 0.29) is 19.1 Å². The van der Waals surface area contributed by atoms with Gasteiger partial charge < -0.3 is 28.8 Å². The van der Waals surface area contributed by atoms with Crippen molar-refractivity contribution in [2.45, 2.75) is 315 Å². The number of phosphoric acid groups is 1. The molecule has 3 atom stereocenters. The Balaban J connectivity index is 3.65. The molecule has 67 heavy (non-hydrogen) atoms. The van der Waals surface area contributed by atoms with Crippen molar-refractivity contribution in [3.8, 4) is 0 Å². The Morgan fingerprint density at radius 2 is 0.806 bits per heavy atom. The summed E-state index contributed by atoms with van der Waals surface area (Å²) >= 11 is 0. The van der Waals surface area contributed by atoms with Gasteiger partial charge in [0, 0.05) is 6.42 Å². The first-order chi connectivity index (χ1) is 32.5. The van der Waals surface area contributed by atoms with Gasteiger partial charge in [0.05, 0.1) is 39.9 Å². The predicted octanol–water partition coefficient (Wildman–Crippen LogP) is 17.2. The molecule has 0 fully saturated rings. The maximum Gasteiger partial charge on any atom is 0.268 e. The van der Waals surface area contributed by atoms with Crippen molar-refractivity contribution in [3.05, 3.63) is 12.2 Å². The fourth-order valence-corrected chi connectivity index (χ4v) is 9.82. The molecule has 0 saturated carbocycles. The number of aliphatic hydroxyl groups is 1. The van der Waals surface area contributed by atoms with Crippen molar-refractivity contribution in [2.24, 2.45) is 0 Å². The fourth-order valence-electron chi connectivity index (χ4n) is 9.10. The molecule has 0 aromatic rings. The lowest BCUT2D eigenvalue weighted by Crippen LogP contribution is -2.45. The summed E-state index contributed by atoms with van der Waals surface area (Å²) in [6, 6.07) is -0.878. The minimum absolute atomic E-state index is 0.00130. The number of nitrogens with zero attached hydrogens (tertiary/aromatic N) is 1. The number of likely N-dealkylation sites (N-methyl/N-ethyl adjacent to an activating group) is 1. The van der Waals surface area contributed by atoms with Crippen LogP contribution in [0.3, 0.4) is 0 Å². The Kier molecular flexibility index (Phi) is 49.6. The molecule has 0 aliphatic rings. The molecule has 2 N–H and O–H groups in total. The van der Waals surface area contributed by atoms with Crippen molar-refractivity contribution in [1.29, 1.82) is 0 Å². The number of hydrogen-bond donors (Lipinski definition) is 2. The van der Waals surface area contributed by atoms with Crippen LogP contribution in [0.1, 0.15) is 303 Å². The zero-order valence-corrected chi connectivity index (χ0v) is 46.5. The van der Waals surface area contributed by atoms with Gasteiger partial charge in [0.2, 0.25) is 5.91 Å². The highest BCUT2D eigenvalue weighted by atomic mass is 31.2. The van der Waals surface area contributed by atoms with Crippen molar-refractivity contribution in [1.82, 2.24) is 5.32 Å².